The van der Waals surface area contributed by atoms with Crippen LogP contribution in [0.4, 0.5) is 0 Å². The Morgan fingerprint density at radius 3 is 2.75 bits per heavy atom. The van der Waals surface area contributed by atoms with Crippen molar-refractivity contribution in [3.8, 4) is 11.4 Å². The molecule has 1 aliphatic heterocycles. The van der Waals surface area contributed by atoms with Crippen molar-refractivity contribution < 1.29 is 14.3 Å². The Labute approximate surface area is 192 Å². The van der Waals surface area contributed by atoms with Gasteiger partial charge >= 0.3 is 0 Å². The highest BCUT2D eigenvalue weighted by atomic mass is 35.5. The van der Waals surface area contributed by atoms with E-state index in [1.165, 1.54) is 0 Å². The van der Waals surface area contributed by atoms with Crippen molar-refractivity contribution in [2.24, 2.45) is 0 Å². The third-order valence-corrected chi connectivity index (χ3v) is 5.67. The SMILES string of the molecule is COc1cc(C=C2O[C@@H](C)CN([C@H](C)c3ccc(Cl)nc3)C2=O)ccc1-n1cnc(C)c1. The highest BCUT2D eigenvalue weighted by Gasteiger charge is 2.33. The number of carbonyl (C=O) groups is 1. The number of aromatic nitrogens is 3. The summed E-state index contributed by atoms with van der Waals surface area (Å²) in [6.07, 6.45) is 6.98. The van der Waals surface area contributed by atoms with Gasteiger partial charge in [0.15, 0.2) is 5.76 Å². The Bertz CT molecular complexity index is 1160. The second-order valence-electron chi connectivity index (χ2n) is 7.84. The third kappa shape index (κ3) is 4.48. The summed E-state index contributed by atoms with van der Waals surface area (Å²) in [5, 5.41) is 0.423. The predicted molar refractivity (Wildman–Crippen MR) is 123 cm³/mol. The van der Waals surface area contributed by atoms with Crippen LogP contribution in [0.1, 0.15) is 36.7 Å². The van der Waals surface area contributed by atoms with Crippen molar-refractivity contribution >= 4 is 23.6 Å². The van der Waals surface area contributed by atoms with Crippen LogP contribution in [0.15, 0.2) is 54.8 Å². The summed E-state index contributed by atoms with van der Waals surface area (Å²) in [6.45, 7) is 6.35. The van der Waals surface area contributed by atoms with Gasteiger partial charge in [0.2, 0.25) is 0 Å². The van der Waals surface area contributed by atoms with Crippen LogP contribution in [0.3, 0.4) is 0 Å². The van der Waals surface area contributed by atoms with E-state index >= 15 is 0 Å². The summed E-state index contributed by atoms with van der Waals surface area (Å²) in [5.74, 6) is 0.801. The minimum atomic E-state index is -0.168. The predicted octanol–water partition coefficient (Wildman–Crippen LogP) is 4.59. The van der Waals surface area contributed by atoms with Gasteiger partial charge in [-0.3, -0.25) is 4.79 Å². The second-order valence-corrected chi connectivity index (χ2v) is 8.23. The van der Waals surface area contributed by atoms with Crippen molar-refractivity contribution in [2.75, 3.05) is 13.7 Å². The lowest BCUT2D eigenvalue weighted by molar-refractivity contribution is -0.141. The molecule has 32 heavy (non-hydrogen) atoms. The van der Waals surface area contributed by atoms with E-state index in [1.54, 1.807) is 36.7 Å². The van der Waals surface area contributed by atoms with Gasteiger partial charge in [-0.05, 0) is 56.2 Å². The molecular weight excluding hydrogens is 428 g/mol. The number of imidazole rings is 1. The maximum absolute atomic E-state index is 13.2. The van der Waals surface area contributed by atoms with Gasteiger partial charge in [0.05, 0.1) is 37.4 Å². The molecule has 1 aliphatic rings. The van der Waals surface area contributed by atoms with E-state index in [9.17, 15) is 4.79 Å². The van der Waals surface area contributed by atoms with E-state index in [0.29, 0.717) is 23.2 Å². The number of halogens is 1. The van der Waals surface area contributed by atoms with Gasteiger partial charge in [0, 0.05) is 12.4 Å². The highest BCUT2D eigenvalue weighted by Crippen LogP contribution is 2.30. The first-order valence-electron chi connectivity index (χ1n) is 10.4. The summed E-state index contributed by atoms with van der Waals surface area (Å²) < 4.78 is 13.4. The average molecular weight is 453 g/mol. The van der Waals surface area contributed by atoms with E-state index in [4.69, 9.17) is 21.1 Å². The maximum atomic E-state index is 13.2. The van der Waals surface area contributed by atoms with Crippen LogP contribution in [-0.4, -0.2) is 45.1 Å². The number of morpholine rings is 1. The van der Waals surface area contributed by atoms with Crippen LogP contribution in [0.5, 0.6) is 5.75 Å². The molecule has 4 rings (SSSR count). The molecule has 0 N–H and O–H groups in total. The third-order valence-electron chi connectivity index (χ3n) is 5.45. The van der Waals surface area contributed by atoms with Crippen LogP contribution >= 0.6 is 11.6 Å². The number of amides is 1. The number of methoxy groups -OCH3 is 1. The summed E-state index contributed by atoms with van der Waals surface area (Å²) in [7, 11) is 1.62. The Morgan fingerprint density at radius 1 is 1.28 bits per heavy atom. The monoisotopic (exact) mass is 452 g/mol. The smallest absolute Gasteiger partial charge is 0.289 e. The van der Waals surface area contributed by atoms with Gasteiger partial charge in [0.25, 0.3) is 5.91 Å². The Hall–Kier alpha value is -3.32. The lowest BCUT2D eigenvalue weighted by Gasteiger charge is -2.37. The number of hydrogen-bond donors (Lipinski definition) is 0. The minimum Gasteiger partial charge on any atom is -0.495 e. The number of aryl methyl sites for hydroxylation is 1. The molecular formula is C24H25ClN4O3. The number of carbonyl (C=O) groups excluding carboxylic acids is 1. The first-order valence-corrected chi connectivity index (χ1v) is 10.7. The molecule has 1 fully saturated rings. The van der Waals surface area contributed by atoms with Gasteiger partial charge in [-0.15, -0.1) is 0 Å². The topological polar surface area (TPSA) is 69.5 Å². The van der Waals surface area contributed by atoms with Gasteiger partial charge in [-0.25, -0.2) is 9.97 Å². The molecule has 1 amide bonds. The Kier molecular flexibility index (Phi) is 6.19. The summed E-state index contributed by atoms with van der Waals surface area (Å²) in [5.41, 5.74) is 3.50. The molecule has 3 heterocycles. The first kappa shape index (κ1) is 21.9. The van der Waals surface area contributed by atoms with Crippen molar-refractivity contribution in [1.82, 2.24) is 19.4 Å². The fourth-order valence-electron chi connectivity index (χ4n) is 3.75. The molecule has 2 aromatic heterocycles. The van der Waals surface area contributed by atoms with E-state index in [-0.39, 0.29) is 18.1 Å². The molecule has 166 valence electrons. The summed E-state index contributed by atoms with van der Waals surface area (Å²) in [6, 6.07) is 9.19. The van der Waals surface area contributed by atoms with Gasteiger partial charge in [-0.1, -0.05) is 23.7 Å². The molecule has 1 aromatic carbocycles. The lowest BCUT2D eigenvalue weighted by Crippen LogP contribution is -2.45. The number of rotatable bonds is 5. The number of hydrogen-bond acceptors (Lipinski definition) is 5. The molecule has 2 atom stereocenters. The molecule has 0 spiro atoms. The minimum absolute atomic E-state index is 0.142. The van der Waals surface area contributed by atoms with Crippen LogP contribution in [0.2, 0.25) is 5.15 Å². The number of pyridine rings is 1. The largest absolute Gasteiger partial charge is 0.495 e. The Morgan fingerprint density at radius 2 is 2.09 bits per heavy atom. The molecule has 3 aromatic rings. The molecule has 8 heteroatoms. The van der Waals surface area contributed by atoms with E-state index < -0.39 is 0 Å². The van der Waals surface area contributed by atoms with Crippen LogP contribution in [0.25, 0.3) is 11.8 Å². The summed E-state index contributed by atoms with van der Waals surface area (Å²) in [4.78, 5) is 23.5. The zero-order chi connectivity index (χ0) is 22.8. The number of ether oxygens (including phenoxy) is 2. The lowest BCUT2D eigenvalue weighted by atomic mass is 10.1. The number of nitrogens with zero attached hydrogens (tertiary/aromatic N) is 4. The van der Waals surface area contributed by atoms with Crippen molar-refractivity contribution in [2.45, 2.75) is 32.9 Å². The molecule has 0 aliphatic carbocycles. The molecule has 7 nitrogen and oxygen atoms in total. The van der Waals surface area contributed by atoms with E-state index in [2.05, 4.69) is 9.97 Å². The van der Waals surface area contributed by atoms with E-state index in [1.807, 2.05) is 55.8 Å². The van der Waals surface area contributed by atoms with Crippen LogP contribution < -0.4 is 4.74 Å². The standard InChI is InChI=1S/C24H25ClN4O3/c1-15-12-28(14-27-15)20-7-5-18(9-21(20)31-4)10-22-24(30)29(13-16(2)32-22)17(3)19-6-8-23(25)26-11-19/h5-12,14,16-17H,13H2,1-4H3/t16-,17+/m0/s1. The molecule has 0 unspecified atom stereocenters. The quantitative estimate of drug-likeness (QED) is 0.418. The number of benzene rings is 1. The van der Waals surface area contributed by atoms with Crippen molar-refractivity contribution in [1.29, 1.82) is 0 Å². The van der Waals surface area contributed by atoms with E-state index in [0.717, 1.165) is 22.5 Å². The molecule has 0 bridgehead atoms. The van der Waals surface area contributed by atoms with Gasteiger partial charge < -0.3 is 18.9 Å². The van der Waals surface area contributed by atoms with Crippen molar-refractivity contribution in [3.63, 3.8) is 0 Å². The van der Waals surface area contributed by atoms with Gasteiger partial charge in [0.1, 0.15) is 17.0 Å². The maximum Gasteiger partial charge on any atom is 0.289 e. The van der Waals surface area contributed by atoms with Crippen LogP contribution in [0, 0.1) is 6.92 Å². The first-order chi connectivity index (χ1) is 15.4. The molecule has 0 saturated carbocycles. The normalized spacial score (nSPS) is 18.5. The van der Waals surface area contributed by atoms with Crippen LogP contribution in [-0.2, 0) is 9.53 Å². The zero-order valence-corrected chi connectivity index (χ0v) is 19.2. The molecule has 1 saturated heterocycles. The average Bonchev–Trinajstić information content (AvgIpc) is 3.22. The highest BCUT2D eigenvalue weighted by molar-refractivity contribution is 6.29. The second kappa shape index (κ2) is 9.04. The Balaban J connectivity index is 1.62. The molecule has 0 radical (unpaired) electrons. The fourth-order valence-corrected chi connectivity index (χ4v) is 3.86. The fraction of sp³-hybridized carbons (Fsp3) is 0.292. The summed E-state index contributed by atoms with van der Waals surface area (Å²) >= 11 is 5.91. The van der Waals surface area contributed by atoms with Crippen molar-refractivity contribution in [3.05, 3.63) is 76.8 Å². The van der Waals surface area contributed by atoms with Gasteiger partial charge in [-0.2, -0.15) is 0 Å². The zero-order valence-electron chi connectivity index (χ0n) is 18.4.